The number of hydrogen-bond acceptors (Lipinski definition) is 5. The lowest BCUT2D eigenvalue weighted by Gasteiger charge is -2.30. The first-order chi connectivity index (χ1) is 19.7. The summed E-state index contributed by atoms with van der Waals surface area (Å²) < 4.78 is 162. The van der Waals surface area contributed by atoms with E-state index in [0.29, 0.717) is 13.2 Å². The molecular weight excluding hydrogens is 594 g/mol. The van der Waals surface area contributed by atoms with Crippen LogP contribution in [0.5, 0.6) is 17.2 Å². The van der Waals surface area contributed by atoms with Crippen molar-refractivity contribution >= 4 is 0 Å². The minimum Gasteiger partial charge on any atom is -0.453 e. The number of benzene rings is 2. The van der Waals surface area contributed by atoms with Gasteiger partial charge in [-0.15, -0.1) is 0 Å². The zero-order chi connectivity index (χ0) is 31.1. The molecule has 1 heterocycles. The lowest BCUT2D eigenvalue weighted by Crippen LogP contribution is -2.34. The Labute approximate surface area is 233 Å². The average Bonchev–Trinajstić information content (AvgIpc) is 2.86. The molecule has 2 aromatic carbocycles. The Balaban J connectivity index is 1.63. The van der Waals surface area contributed by atoms with E-state index in [1.165, 1.54) is 0 Å². The van der Waals surface area contributed by atoms with E-state index in [4.69, 9.17) is 9.47 Å². The fourth-order valence-corrected chi connectivity index (χ4v) is 4.01. The van der Waals surface area contributed by atoms with Crippen LogP contribution in [0.15, 0.2) is 36.6 Å². The molecule has 0 saturated carbocycles. The van der Waals surface area contributed by atoms with Gasteiger partial charge in [-0.05, 0) is 6.42 Å². The Hall–Kier alpha value is -3.20. The summed E-state index contributed by atoms with van der Waals surface area (Å²) in [5.74, 6) is -11.4. The summed E-state index contributed by atoms with van der Waals surface area (Å²) in [5.41, 5.74) is -2.08. The number of unbranched alkanes of at least 4 members (excludes halogenated alkanes) is 2. The Morgan fingerprint density at radius 1 is 0.833 bits per heavy atom. The van der Waals surface area contributed by atoms with Gasteiger partial charge in [0.1, 0.15) is 28.7 Å². The zero-order valence-electron chi connectivity index (χ0n) is 22.0. The van der Waals surface area contributed by atoms with Gasteiger partial charge in [-0.2, -0.15) is 26.3 Å². The van der Waals surface area contributed by atoms with Crippen molar-refractivity contribution in [3.63, 3.8) is 0 Å². The monoisotopic (exact) mass is 620 g/mol. The van der Waals surface area contributed by atoms with E-state index in [1.54, 1.807) is 0 Å². The lowest BCUT2D eigenvalue weighted by atomic mass is 10.0. The molecule has 0 bridgehead atoms. The first-order valence-electron chi connectivity index (χ1n) is 12.7. The molecule has 0 N–H and O–H groups in total. The summed E-state index contributed by atoms with van der Waals surface area (Å²) in [6.07, 6.45) is -10.0. The highest BCUT2D eigenvalue weighted by Gasteiger charge is 2.42. The Morgan fingerprint density at radius 2 is 1.38 bits per heavy atom. The molecule has 42 heavy (non-hydrogen) atoms. The zero-order valence-corrected chi connectivity index (χ0v) is 22.0. The molecule has 0 spiro atoms. The molecule has 1 saturated heterocycles. The largest absolute Gasteiger partial charge is 0.453 e. The van der Waals surface area contributed by atoms with Crippen LogP contribution in [0.25, 0.3) is 0 Å². The van der Waals surface area contributed by atoms with Crippen LogP contribution >= 0.6 is 0 Å². The third-order valence-corrected chi connectivity index (χ3v) is 5.98. The second-order valence-electron chi connectivity index (χ2n) is 9.36. The molecule has 0 aliphatic carbocycles. The van der Waals surface area contributed by atoms with Gasteiger partial charge in [0.15, 0.2) is 29.9 Å². The van der Waals surface area contributed by atoms with E-state index in [9.17, 15) is 43.9 Å². The molecule has 0 unspecified atom stereocenters. The summed E-state index contributed by atoms with van der Waals surface area (Å²) in [4.78, 5) is 0. The predicted molar refractivity (Wildman–Crippen MR) is 126 cm³/mol. The Morgan fingerprint density at radius 3 is 1.93 bits per heavy atom. The molecule has 15 heteroatoms. The molecule has 1 fully saturated rings. The van der Waals surface area contributed by atoms with E-state index >= 15 is 0 Å². The maximum Gasteiger partial charge on any atom is 0.432 e. The smallest absolute Gasteiger partial charge is 0.432 e. The van der Waals surface area contributed by atoms with Gasteiger partial charge in [0.05, 0.1) is 19.6 Å². The van der Waals surface area contributed by atoms with Crippen molar-refractivity contribution < 1.29 is 67.6 Å². The average molecular weight is 620 g/mol. The minimum absolute atomic E-state index is 0.0497. The van der Waals surface area contributed by atoms with Gasteiger partial charge < -0.3 is 23.7 Å². The van der Waals surface area contributed by atoms with Crippen LogP contribution in [-0.2, 0) is 15.6 Å². The number of hydrogen-bond donors (Lipinski definition) is 0. The van der Waals surface area contributed by atoms with Crippen molar-refractivity contribution in [2.75, 3.05) is 13.2 Å². The van der Waals surface area contributed by atoms with Crippen LogP contribution in [0.4, 0.5) is 43.9 Å². The first-order valence-corrected chi connectivity index (χ1v) is 12.7. The maximum absolute atomic E-state index is 14.6. The summed E-state index contributed by atoms with van der Waals surface area (Å²) >= 11 is 0. The molecule has 0 radical (unpaired) electrons. The minimum atomic E-state index is -4.93. The highest BCUT2D eigenvalue weighted by atomic mass is 19.3. The molecule has 1 aliphatic rings. The van der Waals surface area contributed by atoms with E-state index in [1.807, 2.05) is 0 Å². The highest BCUT2D eigenvalue weighted by molar-refractivity contribution is 5.37. The Bertz CT molecular complexity index is 1180. The normalized spacial score (nSPS) is 17.6. The van der Waals surface area contributed by atoms with Gasteiger partial charge in [0.2, 0.25) is 0 Å². The molecule has 0 atom stereocenters. The van der Waals surface area contributed by atoms with Crippen molar-refractivity contribution in [3.8, 4) is 17.2 Å². The third kappa shape index (κ3) is 9.41. The lowest BCUT2D eigenvalue weighted by molar-refractivity contribution is -0.229. The van der Waals surface area contributed by atoms with Crippen LogP contribution in [0.2, 0.25) is 0 Å². The SMILES string of the molecule is CCCCCC1COC(CCC(F)(F)Oc2cc(F)c(C(F)(F)Oc3cc(F)c(OC=C(F)F)c(F)c3)c(F)c2)OC1. The van der Waals surface area contributed by atoms with E-state index in [-0.39, 0.29) is 42.9 Å². The predicted octanol–water partition coefficient (Wildman–Crippen LogP) is 8.81. The third-order valence-electron chi connectivity index (χ3n) is 5.98. The fraction of sp³-hybridized carbons (Fsp3) is 0.481. The van der Waals surface area contributed by atoms with E-state index in [2.05, 4.69) is 21.1 Å². The second kappa shape index (κ2) is 14.3. The first kappa shape index (κ1) is 33.3. The maximum atomic E-state index is 14.6. The molecule has 0 amide bonds. The van der Waals surface area contributed by atoms with Gasteiger partial charge in [0, 0.05) is 36.6 Å². The molecule has 234 valence electrons. The summed E-state index contributed by atoms with van der Waals surface area (Å²) in [7, 11) is 0. The summed E-state index contributed by atoms with van der Waals surface area (Å²) in [6, 6.07) is 0.259. The van der Waals surface area contributed by atoms with Crippen LogP contribution in [-0.4, -0.2) is 25.6 Å². The van der Waals surface area contributed by atoms with Crippen LogP contribution in [0.3, 0.4) is 0 Å². The van der Waals surface area contributed by atoms with Crippen LogP contribution in [0.1, 0.15) is 51.0 Å². The standard InChI is InChI=1S/C27H26F10O5/c1-2-3-4-5-15-12-38-23(39-13-15)6-7-26(34,35)41-16-8-18(28)24(19(29)9-16)27(36,37)42-17-10-20(30)25(21(31)11-17)40-14-22(32)33/h8-11,14-15,23H,2-7,12-13H2,1H3. The second-order valence-corrected chi connectivity index (χ2v) is 9.36. The summed E-state index contributed by atoms with van der Waals surface area (Å²) in [6.45, 7) is 2.70. The molecule has 0 aromatic heterocycles. The fourth-order valence-electron chi connectivity index (χ4n) is 4.01. The number of rotatable bonds is 14. The van der Waals surface area contributed by atoms with Crippen molar-refractivity contribution in [2.24, 2.45) is 5.92 Å². The molecule has 3 rings (SSSR count). The van der Waals surface area contributed by atoms with E-state index in [0.717, 1.165) is 25.7 Å². The molecular formula is C27H26F10O5. The topological polar surface area (TPSA) is 46.2 Å². The van der Waals surface area contributed by atoms with Crippen molar-refractivity contribution in [2.45, 2.75) is 64.0 Å². The van der Waals surface area contributed by atoms with Gasteiger partial charge >= 0.3 is 18.3 Å². The van der Waals surface area contributed by atoms with Gasteiger partial charge in [-0.3, -0.25) is 0 Å². The quantitative estimate of drug-likeness (QED) is 0.120. The van der Waals surface area contributed by atoms with Gasteiger partial charge in [-0.25, -0.2) is 17.6 Å². The van der Waals surface area contributed by atoms with Crippen LogP contribution in [0, 0.1) is 29.2 Å². The van der Waals surface area contributed by atoms with Crippen molar-refractivity contribution in [1.29, 1.82) is 0 Å². The Kier molecular flexibility index (Phi) is 11.4. The van der Waals surface area contributed by atoms with E-state index < -0.39 is 77.1 Å². The summed E-state index contributed by atoms with van der Waals surface area (Å²) in [5, 5.41) is 0. The van der Waals surface area contributed by atoms with Crippen molar-refractivity contribution in [3.05, 3.63) is 65.4 Å². The van der Waals surface area contributed by atoms with Gasteiger partial charge in [0.25, 0.3) is 0 Å². The molecule has 5 nitrogen and oxygen atoms in total. The molecule has 2 aromatic rings. The number of alkyl halides is 4. The van der Waals surface area contributed by atoms with Crippen LogP contribution < -0.4 is 14.2 Å². The highest BCUT2D eigenvalue weighted by Crippen LogP contribution is 2.39. The number of halogens is 10. The molecule has 1 aliphatic heterocycles. The van der Waals surface area contributed by atoms with Gasteiger partial charge in [-0.1, -0.05) is 26.2 Å². The number of ether oxygens (including phenoxy) is 5. The van der Waals surface area contributed by atoms with Crippen molar-refractivity contribution in [1.82, 2.24) is 0 Å².